The molecule has 1 aromatic rings. The normalized spacial score (nSPS) is 24.4. The molecule has 0 bridgehead atoms. The minimum Gasteiger partial charge on any atom is -0.472 e. The van der Waals surface area contributed by atoms with Crippen LogP contribution >= 0.6 is 0 Å². The molecule has 0 spiro atoms. The summed E-state index contributed by atoms with van der Waals surface area (Å²) in [6.45, 7) is 7.53. The molecule has 1 N–H and O–H groups in total. The van der Waals surface area contributed by atoms with Crippen molar-refractivity contribution < 1.29 is 9.52 Å². The van der Waals surface area contributed by atoms with Crippen molar-refractivity contribution in [3.63, 3.8) is 0 Å². The number of hydrogen-bond donors (Lipinski definition) is 1. The van der Waals surface area contributed by atoms with Crippen LogP contribution in [0, 0.1) is 5.41 Å². The summed E-state index contributed by atoms with van der Waals surface area (Å²) in [5.41, 5.74) is 2.59. The molecule has 1 aliphatic rings. The zero-order valence-corrected chi connectivity index (χ0v) is 12.1. The van der Waals surface area contributed by atoms with Crippen LogP contribution in [0.5, 0.6) is 0 Å². The van der Waals surface area contributed by atoms with E-state index in [0.717, 1.165) is 38.9 Å². The predicted molar refractivity (Wildman–Crippen MR) is 76.8 cm³/mol. The van der Waals surface area contributed by atoms with E-state index < -0.39 is 0 Å². The van der Waals surface area contributed by atoms with Gasteiger partial charge < -0.3 is 9.52 Å². The second kappa shape index (κ2) is 6.40. The van der Waals surface area contributed by atoms with E-state index in [1.165, 1.54) is 11.1 Å². The Bertz CT molecular complexity index is 406. The number of rotatable bonds is 5. The number of likely N-dealkylation sites (tertiary alicyclic amines) is 1. The van der Waals surface area contributed by atoms with Gasteiger partial charge in [0.2, 0.25) is 0 Å². The maximum atomic E-state index is 9.82. The average Bonchev–Trinajstić information content (AvgIpc) is 2.90. The van der Waals surface area contributed by atoms with Crippen molar-refractivity contribution in [3.8, 4) is 0 Å². The summed E-state index contributed by atoms with van der Waals surface area (Å²) in [6, 6.07) is 2.02. The summed E-state index contributed by atoms with van der Waals surface area (Å²) < 4.78 is 5.13. The molecule has 19 heavy (non-hydrogen) atoms. The van der Waals surface area contributed by atoms with Crippen LogP contribution in [0.1, 0.15) is 38.7 Å². The fourth-order valence-electron chi connectivity index (χ4n) is 2.87. The number of nitrogens with zero attached hydrogens (tertiary/aromatic N) is 1. The van der Waals surface area contributed by atoms with E-state index in [4.69, 9.17) is 4.42 Å². The first-order chi connectivity index (χ1) is 9.13. The molecule has 1 aromatic heterocycles. The average molecular weight is 263 g/mol. The van der Waals surface area contributed by atoms with E-state index in [-0.39, 0.29) is 12.0 Å². The molecule has 3 heteroatoms. The predicted octanol–water partition coefficient (Wildman–Crippen LogP) is 3.21. The Morgan fingerprint density at radius 2 is 2.37 bits per heavy atom. The van der Waals surface area contributed by atoms with Crippen LogP contribution in [0.4, 0.5) is 0 Å². The van der Waals surface area contributed by atoms with Crippen LogP contribution in [0.3, 0.4) is 0 Å². The smallest absolute Gasteiger partial charge is 0.0947 e. The van der Waals surface area contributed by atoms with Crippen molar-refractivity contribution in [2.24, 2.45) is 5.41 Å². The van der Waals surface area contributed by atoms with Crippen molar-refractivity contribution in [3.05, 3.63) is 35.8 Å². The molecule has 1 fully saturated rings. The second-order valence-electron chi connectivity index (χ2n) is 6.09. The third-order valence-corrected chi connectivity index (χ3v) is 4.01. The first-order valence-corrected chi connectivity index (χ1v) is 7.11. The van der Waals surface area contributed by atoms with Crippen LogP contribution in [0.2, 0.25) is 0 Å². The van der Waals surface area contributed by atoms with Crippen LogP contribution in [0.25, 0.3) is 0 Å². The Morgan fingerprint density at radius 3 is 3.00 bits per heavy atom. The molecule has 1 aliphatic heterocycles. The number of piperidine rings is 1. The topological polar surface area (TPSA) is 36.6 Å². The molecule has 1 unspecified atom stereocenters. The molecule has 0 aliphatic carbocycles. The number of aliphatic hydroxyl groups excluding tert-OH is 1. The molecule has 2 rings (SSSR count). The minimum absolute atomic E-state index is 0.0409. The first-order valence-electron chi connectivity index (χ1n) is 7.11. The Morgan fingerprint density at radius 1 is 1.53 bits per heavy atom. The molecule has 0 radical (unpaired) electrons. The van der Waals surface area contributed by atoms with Crippen molar-refractivity contribution >= 4 is 0 Å². The summed E-state index contributed by atoms with van der Waals surface area (Å²) in [5.74, 6) is 0. The van der Waals surface area contributed by atoms with Crippen molar-refractivity contribution in [1.82, 2.24) is 4.90 Å². The van der Waals surface area contributed by atoms with Crippen molar-refractivity contribution in [2.75, 3.05) is 19.7 Å². The summed E-state index contributed by atoms with van der Waals surface area (Å²) in [4.78, 5) is 2.43. The molecule has 2 heterocycles. The summed E-state index contributed by atoms with van der Waals surface area (Å²) in [5, 5.41) is 9.82. The molecule has 3 nitrogen and oxygen atoms in total. The number of allylic oxidation sites excluding steroid dienone is 2. The van der Waals surface area contributed by atoms with Gasteiger partial charge in [-0.3, -0.25) is 4.90 Å². The molecular formula is C16H25NO2. The van der Waals surface area contributed by atoms with Gasteiger partial charge in [-0.1, -0.05) is 11.6 Å². The van der Waals surface area contributed by atoms with Gasteiger partial charge in [-0.25, -0.2) is 0 Å². The third-order valence-electron chi connectivity index (χ3n) is 4.01. The van der Waals surface area contributed by atoms with Gasteiger partial charge in [0.05, 0.1) is 19.1 Å². The van der Waals surface area contributed by atoms with E-state index in [2.05, 4.69) is 24.8 Å². The Labute approximate surface area is 115 Å². The van der Waals surface area contributed by atoms with Gasteiger partial charge in [-0.05, 0) is 45.7 Å². The lowest BCUT2D eigenvalue weighted by molar-refractivity contribution is 0.0306. The third kappa shape index (κ3) is 3.95. The second-order valence-corrected chi connectivity index (χ2v) is 6.09. The fourth-order valence-corrected chi connectivity index (χ4v) is 2.87. The van der Waals surface area contributed by atoms with E-state index in [1.807, 2.05) is 12.3 Å². The van der Waals surface area contributed by atoms with E-state index in [1.54, 1.807) is 6.26 Å². The van der Waals surface area contributed by atoms with Crippen LogP contribution in [0.15, 0.2) is 34.7 Å². The molecule has 106 valence electrons. The first kappa shape index (κ1) is 14.4. The van der Waals surface area contributed by atoms with Gasteiger partial charge in [-0.2, -0.15) is 0 Å². The maximum absolute atomic E-state index is 9.82. The van der Waals surface area contributed by atoms with Gasteiger partial charge in [-0.15, -0.1) is 0 Å². The Kier molecular flexibility index (Phi) is 4.83. The highest BCUT2D eigenvalue weighted by Gasteiger charge is 2.33. The van der Waals surface area contributed by atoms with Gasteiger partial charge in [0.15, 0.2) is 0 Å². The fraction of sp³-hybridized carbons (Fsp3) is 0.625. The van der Waals surface area contributed by atoms with E-state index >= 15 is 0 Å². The minimum atomic E-state index is 0.0409. The molecule has 1 atom stereocenters. The number of aliphatic hydroxyl groups is 1. The number of furan rings is 1. The molecule has 0 saturated carbocycles. The highest BCUT2D eigenvalue weighted by atomic mass is 16.3. The molecule has 0 aromatic carbocycles. The molecule has 0 amide bonds. The quantitative estimate of drug-likeness (QED) is 0.829. The maximum Gasteiger partial charge on any atom is 0.0947 e. The molecule has 1 saturated heterocycles. The largest absolute Gasteiger partial charge is 0.472 e. The zero-order valence-electron chi connectivity index (χ0n) is 12.1. The van der Waals surface area contributed by atoms with E-state index in [9.17, 15) is 5.11 Å². The van der Waals surface area contributed by atoms with Gasteiger partial charge in [0.25, 0.3) is 0 Å². The zero-order chi connectivity index (χ0) is 13.7. The summed E-state index contributed by atoms with van der Waals surface area (Å²) in [7, 11) is 0. The van der Waals surface area contributed by atoms with Gasteiger partial charge in [0.1, 0.15) is 0 Å². The summed E-state index contributed by atoms with van der Waals surface area (Å²) in [6.07, 6.45) is 9.06. The monoisotopic (exact) mass is 263 g/mol. The SMILES string of the molecule is CC(C)=CCC1(CO)CCCN(Cc2ccoc2)C1. The lowest BCUT2D eigenvalue weighted by Crippen LogP contribution is -2.44. The highest BCUT2D eigenvalue weighted by molar-refractivity contribution is 5.06. The van der Waals surface area contributed by atoms with Crippen LogP contribution in [-0.4, -0.2) is 29.7 Å². The Hall–Kier alpha value is -1.06. The van der Waals surface area contributed by atoms with Crippen molar-refractivity contribution in [2.45, 2.75) is 39.7 Å². The van der Waals surface area contributed by atoms with Gasteiger partial charge >= 0.3 is 0 Å². The van der Waals surface area contributed by atoms with Crippen molar-refractivity contribution in [1.29, 1.82) is 0 Å². The lowest BCUT2D eigenvalue weighted by atomic mass is 9.77. The standard InChI is InChI=1S/C16H25NO2/c1-14(2)4-7-16(13-18)6-3-8-17(12-16)10-15-5-9-19-11-15/h4-5,9,11,18H,3,6-8,10,12-13H2,1-2H3. The van der Waals surface area contributed by atoms with Crippen LogP contribution < -0.4 is 0 Å². The molecular weight excluding hydrogens is 238 g/mol. The lowest BCUT2D eigenvalue weighted by Gasteiger charge is -2.41. The highest BCUT2D eigenvalue weighted by Crippen LogP contribution is 2.34. The van der Waals surface area contributed by atoms with Gasteiger partial charge in [0, 0.05) is 24.1 Å². The summed E-state index contributed by atoms with van der Waals surface area (Å²) >= 11 is 0. The number of hydrogen-bond acceptors (Lipinski definition) is 3. The van der Waals surface area contributed by atoms with Crippen LogP contribution in [-0.2, 0) is 6.54 Å². The Balaban J connectivity index is 1.99. The van der Waals surface area contributed by atoms with E-state index in [0.29, 0.717) is 0 Å².